The molecule has 1 aromatic carbocycles. The zero-order chi connectivity index (χ0) is 11.1. The summed E-state index contributed by atoms with van der Waals surface area (Å²) in [6.07, 6.45) is 4.34. The van der Waals surface area contributed by atoms with Crippen molar-refractivity contribution in [3.05, 3.63) is 35.4 Å². The summed E-state index contributed by atoms with van der Waals surface area (Å²) in [5.74, 6) is -1.10. The third-order valence-corrected chi connectivity index (χ3v) is 3.21. The lowest BCUT2D eigenvalue weighted by Crippen LogP contribution is -2.16. The molecule has 0 aromatic heterocycles. The predicted molar refractivity (Wildman–Crippen MR) is 62.5 cm³/mol. The molecule has 0 amide bonds. The van der Waals surface area contributed by atoms with Crippen LogP contribution >= 0.6 is 0 Å². The molecule has 1 aliphatic heterocycles. The van der Waals surface area contributed by atoms with Gasteiger partial charge < -0.3 is 10.0 Å². The molecule has 1 heterocycles. The lowest BCUT2D eigenvalue weighted by Gasteiger charge is -2.17. The van der Waals surface area contributed by atoms with Gasteiger partial charge in [0, 0.05) is 18.8 Å². The Bertz CT molecular complexity index is 475. The molecule has 2 aliphatic rings. The fourth-order valence-corrected chi connectivity index (χ4v) is 2.12. The molecule has 3 nitrogen and oxygen atoms in total. The van der Waals surface area contributed by atoms with E-state index in [1.54, 1.807) is 6.08 Å². The quantitative estimate of drug-likeness (QED) is 0.764. The van der Waals surface area contributed by atoms with Crippen LogP contribution in [0, 0.1) is 5.92 Å². The van der Waals surface area contributed by atoms with Gasteiger partial charge in [-0.1, -0.05) is 18.2 Å². The molecule has 0 radical (unpaired) electrons. The van der Waals surface area contributed by atoms with Gasteiger partial charge in [0.25, 0.3) is 0 Å². The van der Waals surface area contributed by atoms with Crippen LogP contribution in [-0.4, -0.2) is 24.2 Å². The topological polar surface area (TPSA) is 40.3 Å². The molecule has 1 N–H and O–H groups in total. The number of rotatable bonds is 2. The second kappa shape index (κ2) is 3.37. The van der Waals surface area contributed by atoms with E-state index in [1.807, 2.05) is 6.08 Å². The van der Waals surface area contributed by atoms with Crippen molar-refractivity contribution < 1.29 is 9.90 Å². The van der Waals surface area contributed by atoms with Crippen LogP contribution in [0.1, 0.15) is 11.1 Å². The minimum Gasteiger partial charge on any atom is -0.481 e. The smallest absolute Gasteiger partial charge is 0.310 e. The normalized spacial score (nSPS) is 21.8. The minimum atomic E-state index is -0.739. The summed E-state index contributed by atoms with van der Waals surface area (Å²) < 4.78 is 0. The average molecular weight is 215 g/mol. The van der Waals surface area contributed by atoms with Crippen LogP contribution in [0.5, 0.6) is 0 Å². The van der Waals surface area contributed by atoms with Crippen molar-refractivity contribution in [2.24, 2.45) is 5.92 Å². The Morgan fingerprint density at radius 1 is 1.38 bits per heavy atom. The van der Waals surface area contributed by atoms with Gasteiger partial charge in [-0.25, -0.2) is 0 Å². The number of nitrogens with zero attached hydrogens (tertiary/aromatic N) is 1. The van der Waals surface area contributed by atoms with E-state index in [0.717, 1.165) is 18.7 Å². The predicted octanol–water partition coefficient (Wildman–Crippen LogP) is 1.78. The Hall–Kier alpha value is -1.77. The molecular formula is C13H13NO2. The molecule has 82 valence electrons. The van der Waals surface area contributed by atoms with E-state index in [1.165, 1.54) is 11.3 Å². The molecular weight excluding hydrogens is 202 g/mol. The Kier molecular flexibility index (Phi) is 1.99. The van der Waals surface area contributed by atoms with Crippen molar-refractivity contribution in [1.29, 1.82) is 0 Å². The molecule has 3 heteroatoms. The number of fused-ring (bicyclic) bond motifs is 1. The number of anilines is 1. The van der Waals surface area contributed by atoms with Crippen LogP contribution in [0.4, 0.5) is 5.69 Å². The second-order valence-corrected chi connectivity index (χ2v) is 4.38. The summed E-state index contributed by atoms with van der Waals surface area (Å²) in [6, 6.07) is 6.29. The summed E-state index contributed by atoms with van der Waals surface area (Å²) in [4.78, 5) is 13.2. The van der Waals surface area contributed by atoms with Crippen molar-refractivity contribution in [2.45, 2.75) is 6.42 Å². The summed E-state index contributed by atoms with van der Waals surface area (Å²) in [5.41, 5.74) is 3.56. The number of carbonyl (C=O) groups is 1. The number of hydrogen-bond donors (Lipinski definition) is 1. The largest absolute Gasteiger partial charge is 0.481 e. The molecule has 1 saturated heterocycles. The Labute approximate surface area is 94.0 Å². The summed E-state index contributed by atoms with van der Waals surface area (Å²) in [7, 11) is 0. The van der Waals surface area contributed by atoms with Gasteiger partial charge in [-0.2, -0.15) is 0 Å². The van der Waals surface area contributed by atoms with E-state index in [0.29, 0.717) is 6.42 Å². The fraction of sp³-hybridized carbons (Fsp3) is 0.308. The number of benzene rings is 1. The third-order valence-electron chi connectivity index (χ3n) is 3.21. The van der Waals surface area contributed by atoms with E-state index in [-0.39, 0.29) is 5.92 Å². The second-order valence-electron chi connectivity index (χ2n) is 4.38. The first-order valence-corrected chi connectivity index (χ1v) is 5.53. The lowest BCUT2D eigenvalue weighted by atomic mass is 9.89. The van der Waals surface area contributed by atoms with Crippen molar-refractivity contribution in [1.82, 2.24) is 0 Å². The molecule has 0 bridgehead atoms. The molecule has 3 rings (SSSR count). The molecule has 0 saturated carbocycles. The lowest BCUT2D eigenvalue weighted by molar-refractivity contribution is -0.140. The van der Waals surface area contributed by atoms with Crippen molar-refractivity contribution in [3.8, 4) is 0 Å². The van der Waals surface area contributed by atoms with Crippen molar-refractivity contribution in [2.75, 3.05) is 18.0 Å². The van der Waals surface area contributed by atoms with Crippen LogP contribution in [0.2, 0.25) is 0 Å². The van der Waals surface area contributed by atoms with Gasteiger partial charge in [0.2, 0.25) is 0 Å². The van der Waals surface area contributed by atoms with E-state index in [2.05, 4.69) is 23.1 Å². The van der Waals surface area contributed by atoms with Crippen LogP contribution in [-0.2, 0) is 11.2 Å². The average Bonchev–Trinajstić information content (AvgIpc) is 3.11. The summed E-state index contributed by atoms with van der Waals surface area (Å²) in [6.45, 7) is 2.28. The molecule has 1 fully saturated rings. The van der Waals surface area contributed by atoms with Crippen LogP contribution < -0.4 is 4.90 Å². The maximum Gasteiger partial charge on any atom is 0.310 e. The first-order valence-electron chi connectivity index (χ1n) is 5.53. The number of carboxylic acid groups (broad SMARTS) is 1. The van der Waals surface area contributed by atoms with Gasteiger partial charge in [-0.3, -0.25) is 4.79 Å². The fourth-order valence-electron chi connectivity index (χ4n) is 2.12. The molecule has 0 spiro atoms. The molecule has 1 unspecified atom stereocenters. The molecule has 1 aromatic rings. The monoisotopic (exact) mass is 215 g/mol. The first-order chi connectivity index (χ1) is 7.74. The number of aliphatic carboxylic acids is 1. The first kappa shape index (κ1) is 9.46. The van der Waals surface area contributed by atoms with Gasteiger partial charge in [0.05, 0.1) is 5.92 Å². The van der Waals surface area contributed by atoms with Crippen molar-refractivity contribution in [3.63, 3.8) is 0 Å². The Morgan fingerprint density at radius 2 is 2.19 bits per heavy atom. The summed E-state index contributed by atoms with van der Waals surface area (Å²) in [5, 5.41) is 8.96. The molecule has 1 atom stereocenters. The Morgan fingerprint density at radius 3 is 2.88 bits per heavy atom. The van der Waals surface area contributed by atoms with E-state index < -0.39 is 5.97 Å². The maximum absolute atomic E-state index is 10.9. The molecule has 1 aliphatic carbocycles. The highest BCUT2D eigenvalue weighted by Gasteiger charge is 2.22. The van der Waals surface area contributed by atoms with Gasteiger partial charge in [-0.15, -0.1) is 0 Å². The van der Waals surface area contributed by atoms with Crippen LogP contribution in [0.15, 0.2) is 24.3 Å². The molecule has 16 heavy (non-hydrogen) atoms. The number of hydrogen-bond acceptors (Lipinski definition) is 2. The highest BCUT2D eigenvalue weighted by molar-refractivity contribution is 5.77. The van der Waals surface area contributed by atoms with Crippen LogP contribution in [0.3, 0.4) is 0 Å². The van der Waals surface area contributed by atoms with Gasteiger partial charge in [0.1, 0.15) is 0 Å². The zero-order valence-electron chi connectivity index (χ0n) is 8.89. The minimum absolute atomic E-state index is 0.361. The van der Waals surface area contributed by atoms with Crippen molar-refractivity contribution >= 4 is 17.7 Å². The highest BCUT2D eigenvalue weighted by Crippen LogP contribution is 2.29. The third kappa shape index (κ3) is 1.58. The van der Waals surface area contributed by atoms with E-state index in [4.69, 9.17) is 5.11 Å². The zero-order valence-corrected chi connectivity index (χ0v) is 8.89. The highest BCUT2D eigenvalue weighted by atomic mass is 16.4. The van der Waals surface area contributed by atoms with E-state index >= 15 is 0 Å². The maximum atomic E-state index is 10.9. The summed E-state index contributed by atoms with van der Waals surface area (Å²) >= 11 is 0. The number of carboxylic acids is 1. The van der Waals surface area contributed by atoms with Gasteiger partial charge in [0.15, 0.2) is 0 Å². The van der Waals surface area contributed by atoms with E-state index in [9.17, 15) is 4.79 Å². The SMILES string of the molecule is O=C(O)C1C=Cc2cc(N3CC3)ccc2C1. The van der Waals surface area contributed by atoms with Gasteiger partial charge >= 0.3 is 5.97 Å². The van der Waals surface area contributed by atoms with Crippen LogP contribution in [0.25, 0.3) is 6.08 Å². The standard InChI is InChI=1S/C13H13NO2/c15-13(16)11-2-1-10-8-12(14-5-6-14)4-3-9(10)7-11/h1-4,8,11H,5-7H2,(H,15,16). The van der Waals surface area contributed by atoms with Gasteiger partial charge in [-0.05, 0) is 29.7 Å². The Balaban J connectivity index is 1.92.